The highest BCUT2D eigenvalue weighted by atomic mass is 16.5. The summed E-state index contributed by atoms with van der Waals surface area (Å²) in [6.45, 7) is 8.32. The lowest BCUT2D eigenvalue weighted by Crippen LogP contribution is -2.51. The molecule has 1 aliphatic heterocycles. The average Bonchev–Trinajstić information content (AvgIpc) is 3.32. The van der Waals surface area contributed by atoms with Crippen molar-refractivity contribution in [3.8, 4) is 5.75 Å². The zero-order chi connectivity index (χ0) is 23.1. The summed E-state index contributed by atoms with van der Waals surface area (Å²) >= 11 is 0. The van der Waals surface area contributed by atoms with Crippen LogP contribution in [0.1, 0.15) is 54.2 Å². The van der Waals surface area contributed by atoms with Gasteiger partial charge in [0.2, 0.25) is 5.91 Å². The van der Waals surface area contributed by atoms with E-state index in [0.717, 1.165) is 42.8 Å². The molecule has 1 saturated heterocycles. The van der Waals surface area contributed by atoms with E-state index in [2.05, 4.69) is 21.6 Å². The number of ether oxygens (including phenoxy) is 1. The first-order chi connectivity index (χ1) is 15.4. The third kappa shape index (κ3) is 5.88. The lowest BCUT2D eigenvalue weighted by molar-refractivity contribution is -0.124. The molecule has 3 rings (SSSR count). The predicted octanol–water partition coefficient (Wildman–Crippen LogP) is 3.71. The maximum absolute atomic E-state index is 13.1. The van der Waals surface area contributed by atoms with Crippen LogP contribution in [-0.2, 0) is 4.79 Å². The highest BCUT2D eigenvalue weighted by Crippen LogP contribution is 2.31. The van der Waals surface area contributed by atoms with Crippen molar-refractivity contribution in [2.24, 2.45) is 5.92 Å². The molecule has 6 heteroatoms. The molecule has 1 fully saturated rings. The van der Waals surface area contributed by atoms with Gasteiger partial charge in [0.1, 0.15) is 11.8 Å². The van der Waals surface area contributed by atoms with Crippen LogP contribution in [0.25, 0.3) is 0 Å². The first-order valence-corrected chi connectivity index (χ1v) is 11.4. The Labute approximate surface area is 191 Å². The van der Waals surface area contributed by atoms with Gasteiger partial charge < -0.3 is 15.4 Å². The number of carbonyl (C=O) groups is 2. The van der Waals surface area contributed by atoms with Gasteiger partial charge in [-0.2, -0.15) is 0 Å². The van der Waals surface area contributed by atoms with E-state index in [-0.39, 0.29) is 23.8 Å². The van der Waals surface area contributed by atoms with Crippen LogP contribution in [0.2, 0.25) is 0 Å². The van der Waals surface area contributed by atoms with E-state index in [0.29, 0.717) is 12.1 Å². The van der Waals surface area contributed by atoms with Crippen LogP contribution < -0.4 is 15.4 Å². The summed E-state index contributed by atoms with van der Waals surface area (Å²) in [6.07, 6.45) is 2.31. The Bertz CT molecular complexity index is 905. The molecule has 0 bridgehead atoms. The summed E-state index contributed by atoms with van der Waals surface area (Å²) in [5.41, 5.74) is 2.71. The van der Waals surface area contributed by atoms with E-state index in [9.17, 15) is 9.59 Å². The van der Waals surface area contributed by atoms with Crippen LogP contribution in [0.4, 0.5) is 0 Å². The van der Waals surface area contributed by atoms with Gasteiger partial charge in [-0.15, -0.1) is 0 Å². The van der Waals surface area contributed by atoms with Crippen LogP contribution in [0.5, 0.6) is 5.75 Å². The van der Waals surface area contributed by atoms with Crippen molar-refractivity contribution in [1.29, 1.82) is 0 Å². The lowest BCUT2D eigenvalue weighted by Gasteiger charge is -2.30. The van der Waals surface area contributed by atoms with Crippen LogP contribution in [0.3, 0.4) is 0 Å². The van der Waals surface area contributed by atoms with Crippen molar-refractivity contribution in [3.63, 3.8) is 0 Å². The molecule has 2 amide bonds. The number of nitrogens with zero attached hydrogens (tertiary/aromatic N) is 1. The number of methoxy groups -OCH3 is 1. The number of likely N-dealkylation sites (tertiary alicyclic amines) is 1. The Hall–Kier alpha value is -2.86. The largest absolute Gasteiger partial charge is 0.496 e. The molecular weight excluding hydrogens is 402 g/mol. The second-order valence-electron chi connectivity index (χ2n) is 8.81. The molecule has 172 valence electrons. The van der Waals surface area contributed by atoms with Crippen LogP contribution in [0, 0.1) is 12.8 Å². The molecule has 0 aliphatic carbocycles. The molecule has 2 N–H and O–H groups in total. The van der Waals surface area contributed by atoms with E-state index in [1.807, 2.05) is 51.1 Å². The van der Waals surface area contributed by atoms with Gasteiger partial charge in [0.05, 0.1) is 13.2 Å². The molecular formula is C26H35N3O3. The molecule has 1 heterocycles. The van der Waals surface area contributed by atoms with E-state index >= 15 is 0 Å². The number of aryl methyl sites for hydroxylation is 1. The van der Waals surface area contributed by atoms with Crippen LogP contribution in [0.15, 0.2) is 48.5 Å². The summed E-state index contributed by atoms with van der Waals surface area (Å²) in [7, 11) is 1.67. The third-order valence-electron chi connectivity index (χ3n) is 6.10. The SMILES string of the molecule is COc1ccccc1[C@@H](CNC(=O)[C@H](NC(=O)c1ccc(C)cc1)C(C)C)N1CCCC1. The van der Waals surface area contributed by atoms with Crippen molar-refractivity contribution >= 4 is 11.8 Å². The second-order valence-corrected chi connectivity index (χ2v) is 8.81. The van der Waals surface area contributed by atoms with E-state index in [1.165, 1.54) is 0 Å². The van der Waals surface area contributed by atoms with Crippen molar-refractivity contribution in [1.82, 2.24) is 15.5 Å². The highest BCUT2D eigenvalue weighted by molar-refractivity contribution is 5.97. The van der Waals surface area contributed by atoms with Crippen molar-refractivity contribution in [3.05, 3.63) is 65.2 Å². The average molecular weight is 438 g/mol. The van der Waals surface area contributed by atoms with Crippen LogP contribution >= 0.6 is 0 Å². The Morgan fingerprint density at radius 1 is 1.03 bits per heavy atom. The number of rotatable bonds is 9. The number of para-hydroxylation sites is 1. The maximum atomic E-state index is 13.1. The van der Waals surface area contributed by atoms with Gasteiger partial charge in [-0.05, 0) is 57.0 Å². The standard InChI is InChI=1S/C26H35N3O3/c1-18(2)24(28-25(30)20-13-11-19(3)12-14-20)26(31)27-17-22(29-15-7-8-16-29)21-9-5-6-10-23(21)32-4/h5-6,9-14,18,22,24H,7-8,15-17H2,1-4H3,(H,27,31)(H,28,30)/t22-,24-/m1/s1. The molecule has 6 nitrogen and oxygen atoms in total. The van der Waals surface area contributed by atoms with Crippen molar-refractivity contribution in [2.45, 2.75) is 45.7 Å². The fourth-order valence-electron chi connectivity index (χ4n) is 4.20. The molecule has 32 heavy (non-hydrogen) atoms. The second kappa shape index (κ2) is 11.1. The van der Waals surface area contributed by atoms with Crippen molar-refractivity contribution in [2.75, 3.05) is 26.7 Å². The third-order valence-corrected chi connectivity index (χ3v) is 6.10. The van der Waals surface area contributed by atoms with E-state index in [4.69, 9.17) is 4.74 Å². The number of nitrogens with one attached hydrogen (secondary N) is 2. The molecule has 2 atom stereocenters. The number of benzene rings is 2. The van der Waals surface area contributed by atoms with E-state index < -0.39 is 6.04 Å². The summed E-state index contributed by atoms with van der Waals surface area (Å²) < 4.78 is 5.59. The number of amides is 2. The Kier molecular flexibility index (Phi) is 8.28. The minimum Gasteiger partial charge on any atom is -0.496 e. The minimum atomic E-state index is -0.610. The van der Waals surface area contributed by atoms with Gasteiger partial charge in [0, 0.05) is 17.7 Å². The normalized spacial score (nSPS) is 15.9. The molecule has 0 saturated carbocycles. The maximum Gasteiger partial charge on any atom is 0.251 e. The lowest BCUT2D eigenvalue weighted by atomic mass is 10.0. The van der Waals surface area contributed by atoms with Gasteiger partial charge in [0.25, 0.3) is 5.91 Å². The summed E-state index contributed by atoms with van der Waals surface area (Å²) in [5, 5.41) is 6.02. The Morgan fingerprint density at radius 3 is 2.31 bits per heavy atom. The molecule has 1 aliphatic rings. The quantitative estimate of drug-likeness (QED) is 0.627. The topological polar surface area (TPSA) is 70.7 Å². The summed E-state index contributed by atoms with van der Waals surface area (Å²) in [5.74, 6) is 0.381. The zero-order valence-electron chi connectivity index (χ0n) is 19.6. The number of carbonyl (C=O) groups excluding carboxylic acids is 2. The predicted molar refractivity (Wildman–Crippen MR) is 127 cm³/mol. The zero-order valence-corrected chi connectivity index (χ0v) is 19.6. The summed E-state index contributed by atoms with van der Waals surface area (Å²) in [6, 6.07) is 14.8. The highest BCUT2D eigenvalue weighted by Gasteiger charge is 2.29. The van der Waals surface area contributed by atoms with Crippen LogP contribution in [-0.4, -0.2) is 49.5 Å². The molecule has 0 spiro atoms. The molecule has 0 radical (unpaired) electrons. The molecule has 0 unspecified atom stereocenters. The first kappa shape index (κ1) is 23.8. The Morgan fingerprint density at radius 2 is 1.69 bits per heavy atom. The van der Waals surface area contributed by atoms with Gasteiger partial charge in [-0.25, -0.2) is 0 Å². The fraction of sp³-hybridized carbons (Fsp3) is 0.462. The monoisotopic (exact) mass is 437 g/mol. The van der Waals surface area contributed by atoms with Gasteiger partial charge >= 0.3 is 0 Å². The fourth-order valence-corrected chi connectivity index (χ4v) is 4.20. The summed E-state index contributed by atoms with van der Waals surface area (Å²) in [4.78, 5) is 28.2. The Balaban J connectivity index is 1.71. The van der Waals surface area contributed by atoms with E-state index in [1.54, 1.807) is 19.2 Å². The number of hydrogen-bond acceptors (Lipinski definition) is 4. The molecule has 2 aromatic rings. The smallest absolute Gasteiger partial charge is 0.251 e. The molecule has 0 aromatic heterocycles. The first-order valence-electron chi connectivity index (χ1n) is 11.4. The van der Waals surface area contributed by atoms with Gasteiger partial charge in [-0.1, -0.05) is 49.7 Å². The minimum absolute atomic E-state index is 0.0261. The van der Waals surface area contributed by atoms with Crippen molar-refractivity contribution < 1.29 is 14.3 Å². The van der Waals surface area contributed by atoms with Gasteiger partial charge in [0.15, 0.2) is 0 Å². The molecule has 2 aromatic carbocycles. The van der Waals surface area contributed by atoms with Gasteiger partial charge in [-0.3, -0.25) is 14.5 Å². The number of hydrogen-bond donors (Lipinski definition) is 2.